The largest absolute Gasteiger partial charge is 0.292 e. The van der Waals surface area contributed by atoms with Crippen molar-refractivity contribution in [2.24, 2.45) is 11.0 Å². The van der Waals surface area contributed by atoms with Crippen molar-refractivity contribution in [3.63, 3.8) is 0 Å². The first-order chi connectivity index (χ1) is 10.8. The average molecular weight is 314 g/mol. The van der Waals surface area contributed by atoms with E-state index < -0.39 is 0 Å². The maximum Gasteiger partial charge on any atom is 0.119 e. The lowest BCUT2D eigenvalue weighted by atomic mass is 10.0. The van der Waals surface area contributed by atoms with Crippen LogP contribution < -0.4 is 5.32 Å². The van der Waals surface area contributed by atoms with Gasteiger partial charge in [0.2, 0.25) is 0 Å². The average Bonchev–Trinajstić information content (AvgIpc) is 2.97. The molecular formula is C17H22N4S. The van der Waals surface area contributed by atoms with E-state index in [1.165, 1.54) is 24.2 Å². The minimum absolute atomic E-state index is 0.0295. The van der Waals surface area contributed by atoms with Gasteiger partial charge in [-0.05, 0) is 25.0 Å². The molecule has 4 atom stereocenters. The Bertz CT molecular complexity index is 554. The summed E-state index contributed by atoms with van der Waals surface area (Å²) in [6.45, 7) is 2.22. The van der Waals surface area contributed by atoms with Gasteiger partial charge in [0.25, 0.3) is 0 Å². The molecule has 4 nitrogen and oxygen atoms in total. The Hall–Kier alpha value is -1.51. The van der Waals surface area contributed by atoms with Crippen LogP contribution in [0.25, 0.3) is 0 Å². The van der Waals surface area contributed by atoms with Crippen LogP contribution in [0.4, 0.5) is 0 Å². The molecule has 3 rings (SSSR count). The smallest absolute Gasteiger partial charge is 0.119 e. The second-order valence-corrected chi connectivity index (χ2v) is 7.12. The number of benzene rings is 1. The second kappa shape index (κ2) is 7.17. The summed E-state index contributed by atoms with van der Waals surface area (Å²) in [5.41, 5.74) is 0. The Balaban J connectivity index is 1.74. The minimum Gasteiger partial charge on any atom is -0.292 e. The van der Waals surface area contributed by atoms with Crippen LogP contribution >= 0.6 is 11.8 Å². The van der Waals surface area contributed by atoms with Crippen molar-refractivity contribution in [2.45, 2.75) is 55.1 Å². The maximum absolute atomic E-state index is 9.33. The molecule has 22 heavy (non-hydrogen) atoms. The highest BCUT2D eigenvalue weighted by atomic mass is 32.2. The molecule has 5 heteroatoms. The van der Waals surface area contributed by atoms with Gasteiger partial charge in [0.1, 0.15) is 17.5 Å². The van der Waals surface area contributed by atoms with E-state index in [-0.39, 0.29) is 12.1 Å². The molecule has 2 aliphatic rings. The Morgan fingerprint density at radius 2 is 2.23 bits per heavy atom. The first kappa shape index (κ1) is 15.4. The van der Waals surface area contributed by atoms with Crippen LogP contribution in [-0.4, -0.2) is 28.8 Å². The fourth-order valence-electron chi connectivity index (χ4n) is 3.08. The third-order valence-corrected chi connectivity index (χ3v) is 5.47. The molecule has 0 amide bonds. The number of nitriles is 1. The number of fused-ring (bicyclic) bond motifs is 1. The van der Waals surface area contributed by atoms with Crippen molar-refractivity contribution in [1.29, 1.82) is 5.26 Å². The fraction of sp³-hybridized carbons (Fsp3) is 0.529. The van der Waals surface area contributed by atoms with Gasteiger partial charge in [0.05, 0.1) is 6.07 Å². The van der Waals surface area contributed by atoms with Gasteiger partial charge in [-0.25, -0.2) is 0 Å². The van der Waals surface area contributed by atoms with Gasteiger partial charge in [-0.2, -0.15) is 10.4 Å². The first-order valence-electron chi connectivity index (χ1n) is 8.01. The molecular weight excluding hydrogens is 292 g/mol. The molecule has 1 saturated heterocycles. The van der Waals surface area contributed by atoms with E-state index >= 15 is 0 Å². The predicted octanol–water partition coefficient (Wildman–Crippen LogP) is 3.42. The zero-order chi connectivity index (χ0) is 15.4. The van der Waals surface area contributed by atoms with Crippen LogP contribution in [0.15, 0.2) is 40.3 Å². The van der Waals surface area contributed by atoms with Gasteiger partial charge in [-0.15, -0.1) is 0 Å². The van der Waals surface area contributed by atoms with Gasteiger partial charge in [0.15, 0.2) is 0 Å². The third-order valence-electron chi connectivity index (χ3n) is 4.24. The lowest BCUT2D eigenvalue weighted by Gasteiger charge is -2.42. The SMILES string of the molecule is CCCCC1CC(Sc2ccccc2)N2N=CC(C#N)C2N1. The van der Waals surface area contributed by atoms with Crippen LogP contribution in [0.2, 0.25) is 0 Å². The van der Waals surface area contributed by atoms with Crippen molar-refractivity contribution < 1.29 is 0 Å². The van der Waals surface area contributed by atoms with Crippen molar-refractivity contribution in [3.05, 3.63) is 30.3 Å². The summed E-state index contributed by atoms with van der Waals surface area (Å²) in [5.74, 6) is -0.150. The lowest BCUT2D eigenvalue weighted by Crippen LogP contribution is -2.57. The summed E-state index contributed by atoms with van der Waals surface area (Å²) in [5, 5.41) is 19.9. The molecule has 116 valence electrons. The monoisotopic (exact) mass is 314 g/mol. The van der Waals surface area contributed by atoms with Gasteiger partial charge in [-0.3, -0.25) is 10.3 Å². The summed E-state index contributed by atoms with van der Waals surface area (Å²) >= 11 is 1.85. The molecule has 0 bridgehead atoms. The molecule has 0 saturated carbocycles. The van der Waals surface area contributed by atoms with E-state index in [0.29, 0.717) is 11.4 Å². The van der Waals surface area contributed by atoms with Crippen LogP contribution in [0.5, 0.6) is 0 Å². The molecule has 2 aliphatic heterocycles. The molecule has 4 unspecified atom stereocenters. The normalized spacial score (nSPS) is 30.1. The Labute approximate surface area is 136 Å². The highest BCUT2D eigenvalue weighted by Gasteiger charge is 2.41. The zero-order valence-electron chi connectivity index (χ0n) is 12.9. The highest BCUT2D eigenvalue weighted by Crippen LogP contribution is 2.36. The molecule has 1 aromatic rings. The van der Waals surface area contributed by atoms with Crippen LogP contribution in [0.1, 0.15) is 32.6 Å². The van der Waals surface area contributed by atoms with E-state index in [1.54, 1.807) is 6.21 Å². The quantitative estimate of drug-likeness (QED) is 0.904. The molecule has 1 fully saturated rings. The first-order valence-corrected chi connectivity index (χ1v) is 8.89. The second-order valence-electron chi connectivity index (χ2n) is 5.87. The number of rotatable bonds is 5. The lowest BCUT2D eigenvalue weighted by molar-refractivity contribution is 0.0940. The Kier molecular flexibility index (Phi) is 5.01. The maximum atomic E-state index is 9.33. The van der Waals surface area contributed by atoms with Crippen molar-refractivity contribution in [1.82, 2.24) is 10.3 Å². The zero-order valence-corrected chi connectivity index (χ0v) is 13.7. The van der Waals surface area contributed by atoms with Crippen LogP contribution in [0, 0.1) is 17.2 Å². The van der Waals surface area contributed by atoms with E-state index in [2.05, 4.69) is 52.7 Å². The standard InChI is InChI=1S/C17H22N4S/c1-2-3-7-14-10-16(22-15-8-5-4-6-9-15)21-17(20-14)13(11-18)12-19-21/h4-6,8-9,12-14,16-17,20H,2-3,7,10H2,1H3. The minimum atomic E-state index is -0.150. The van der Waals surface area contributed by atoms with Gasteiger partial charge < -0.3 is 0 Å². The van der Waals surface area contributed by atoms with Gasteiger partial charge in [-0.1, -0.05) is 49.7 Å². The number of hydrogen-bond acceptors (Lipinski definition) is 5. The summed E-state index contributed by atoms with van der Waals surface area (Å²) in [6, 6.07) is 13.3. The van der Waals surface area contributed by atoms with Crippen LogP contribution in [0.3, 0.4) is 0 Å². The molecule has 0 aromatic heterocycles. The number of hydrazone groups is 1. The number of nitrogens with zero attached hydrogens (tertiary/aromatic N) is 3. The van der Waals surface area contributed by atoms with Crippen molar-refractivity contribution in [3.8, 4) is 6.07 Å². The van der Waals surface area contributed by atoms with E-state index in [9.17, 15) is 5.26 Å². The van der Waals surface area contributed by atoms with Crippen molar-refractivity contribution in [2.75, 3.05) is 0 Å². The molecule has 0 radical (unpaired) electrons. The number of unbranched alkanes of at least 4 members (excludes halogenated alkanes) is 1. The molecule has 0 aliphatic carbocycles. The number of thioether (sulfide) groups is 1. The molecule has 2 heterocycles. The summed E-state index contributed by atoms with van der Waals surface area (Å²) in [6.07, 6.45) is 6.49. The van der Waals surface area contributed by atoms with Gasteiger partial charge in [0, 0.05) is 17.2 Å². The predicted molar refractivity (Wildman–Crippen MR) is 90.4 cm³/mol. The Morgan fingerprint density at radius 1 is 1.41 bits per heavy atom. The topological polar surface area (TPSA) is 51.4 Å². The molecule has 0 spiro atoms. The van der Waals surface area contributed by atoms with Crippen LogP contribution in [-0.2, 0) is 0 Å². The number of hydrogen-bond donors (Lipinski definition) is 1. The van der Waals surface area contributed by atoms with E-state index in [4.69, 9.17) is 0 Å². The molecule has 1 N–H and O–H groups in total. The fourth-order valence-corrected chi connectivity index (χ4v) is 4.33. The summed E-state index contributed by atoms with van der Waals surface area (Å²) in [4.78, 5) is 1.26. The van der Waals surface area contributed by atoms with Crippen molar-refractivity contribution >= 4 is 18.0 Å². The van der Waals surface area contributed by atoms with E-state index in [1.807, 2.05) is 17.8 Å². The third kappa shape index (κ3) is 3.29. The number of nitrogens with one attached hydrogen (secondary N) is 1. The summed E-state index contributed by atoms with van der Waals surface area (Å²) < 4.78 is 0. The highest BCUT2D eigenvalue weighted by molar-refractivity contribution is 7.99. The Morgan fingerprint density at radius 3 is 2.95 bits per heavy atom. The summed E-state index contributed by atoms with van der Waals surface area (Å²) in [7, 11) is 0. The molecule has 1 aromatic carbocycles. The van der Waals surface area contributed by atoms with Gasteiger partial charge >= 0.3 is 0 Å². The van der Waals surface area contributed by atoms with E-state index in [0.717, 1.165) is 6.42 Å².